The Morgan fingerprint density at radius 2 is 0.976 bits per heavy atom. The molecular weight excluding hydrogens is 1050 g/mol. The monoisotopic (exact) mass is 1180 g/mol. The summed E-state index contributed by atoms with van der Waals surface area (Å²) in [6, 6.07) is 0. The molecule has 0 aromatic heterocycles. The number of hydrogen-bond acceptors (Lipinski definition) is 9. The zero-order valence-corrected chi connectivity index (χ0v) is 57.0. The van der Waals surface area contributed by atoms with Gasteiger partial charge in [0.2, 0.25) is 0 Å². The summed E-state index contributed by atoms with van der Waals surface area (Å²) < 4.78 is 17.3. The lowest BCUT2D eigenvalue weighted by Crippen LogP contribution is -2.67. The number of aliphatic hydroxyl groups is 5. The van der Waals surface area contributed by atoms with E-state index in [1.54, 1.807) is 0 Å². The molecule has 0 radical (unpaired) electrons. The number of carbonyl (C=O) groups excluding carboxylic acids is 1. The van der Waals surface area contributed by atoms with Gasteiger partial charge in [-0.25, -0.2) is 0 Å². The number of carbonyl (C=O) groups is 2. The molecule has 83 heavy (non-hydrogen) atoms. The zero-order valence-electron chi connectivity index (χ0n) is 57.0. The van der Waals surface area contributed by atoms with Crippen molar-refractivity contribution >= 4 is 20.3 Å². The SMILES string of the molecule is C=C(C)[C@@H]1CC[C@]2(C(=O)O)CC[C@]3(C)C(CCC4[C@@]5(C)CC[C@H](O)[C@@](C)(CO)C5CC[C@]43C)C12.C=C(C)[C@@H]1CC[C@]2(C(=O)OCCO)CC[C@]3(C)C(CCC4[C@@]5(C)CC[C@H](O)[C@@](C)(CO)C5CC[C@]43C)C12.CCCO[Si](C)(C)C(C)(C)C.[2H]C. The molecule has 10 aliphatic carbocycles. The number of aliphatic carboxylic acids is 1. The van der Waals surface area contributed by atoms with Crippen LogP contribution in [0.5, 0.6) is 0 Å². The number of ether oxygens (including phenoxy) is 1. The number of carboxylic acid groups (broad SMARTS) is 1. The molecule has 0 saturated heterocycles. The zero-order chi connectivity index (χ0) is 63.0. The largest absolute Gasteiger partial charge is 0.481 e. The average Bonchev–Trinajstić information content (AvgIpc) is 0.979. The normalized spacial score (nSPS) is 48.6. The van der Waals surface area contributed by atoms with Crippen LogP contribution in [0.3, 0.4) is 0 Å². The molecule has 22 atom stereocenters. The van der Waals surface area contributed by atoms with Crippen molar-refractivity contribution in [2.24, 2.45) is 113 Å². The first-order valence-corrected chi connectivity index (χ1v) is 36.4. The highest BCUT2D eigenvalue weighted by molar-refractivity contribution is 6.74. The molecule has 478 valence electrons. The Hall–Kier alpha value is -1.60. The highest BCUT2D eigenvalue weighted by Gasteiger charge is 2.75. The maximum absolute atomic E-state index is 13.6. The minimum atomic E-state index is -1.43. The van der Waals surface area contributed by atoms with Crippen molar-refractivity contribution in [3.8, 4) is 0 Å². The van der Waals surface area contributed by atoms with Crippen molar-refractivity contribution in [3.63, 3.8) is 0 Å². The van der Waals surface area contributed by atoms with Gasteiger partial charge in [0.05, 0.1) is 42.9 Å². The van der Waals surface area contributed by atoms with Gasteiger partial charge in [-0.1, -0.05) is 115 Å². The van der Waals surface area contributed by atoms with Crippen LogP contribution in [0.25, 0.3) is 0 Å². The molecule has 10 nitrogen and oxygen atoms in total. The minimum absolute atomic E-state index is 0.0542. The molecule has 0 bridgehead atoms. The number of aliphatic hydroxyl groups excluding tert-OH is 5. The maximum atomic E-state index is 13.6. The maximum Gasteiger partial charge on any atom is 0.312 e. The summed E-state index contributed by atoms with van der Waals surface area (Å²) in [7, 11) is -0.176. The van der Waals surface area contributed by atoms with Crippen LogP contribution in [-0.4, -0.2) is 96.1 Å². The molecule has 0 aromatic rings. The Morgan fingerprint density at radius 3 is 1.35 bits per heavy atom. The van der Waals surface area contributed by atoms with Gasteiger partial charge in [-0.05, 0) is 258 Å². The van der Waals surface area contributed by atoms with Crippen molar-refractivity contribution in [1.82, 2.24) is 0 Å². The van der Waals surface area contributed by atoms with Crippen LogP contribution in [0.2, 0.25) is 18.1 Å². The third-order valence-electron chi connectivity index (χ3n) is 30.0. The summed E-state index contributed by atoms with van der Waals surface area (Å²) in [6.45, 7) is 46.9. The predicted molar refractivity (Wildman–Crippen MR) is 339 cm³/mol. The number of hydrogen-bond donors (Lipinski definition) is 6. The van der Waals surface area contributed by atoms with E-state index in [1.807, 2.05) is 0 Å². The molecule has 0 aliphatic heterocycles. The highest BCUT2D eigenvalue weighted by Crippen LogP contribution is 2.80. The molecule has 0 amide bonds. The Morgan fingerprint density at radius 1 is 0.566 bits per heavy atom. The fourth-order valence-electron chi connectivity index (χ4n) is 23.9. The van der Waals surface area contributed by atoms with Gasteiger partial charge in [0.15, 0.2) is 8.32 Å². The summed E-state index contributed by atoms with van der Waals surface area (Å²) in [5.74, 6) is 3.16. The summed E-state index contributed by atoms with van der Waals surface area (Å²) in [4.78, 5) is 26.4. The molecule has 10 aliphatic rings. The fraction of sp³-hybridized carbons (Fsp3) is 0.917. The van der Waals surface area contributed by atoms with E-state index in [-0.39, 0.29) is 76.7 Å². The molecule has 8 unspecified atom stereocenters. The standard InChI is InChI=1S/C32H52O5.C30H48O4.C9H22OSi.CH4/c1-20(2)21-9-14-32(27(36)37-18-17-33)16-15-30(5)22(26(21)32)7-8-24-28(3)12-11-25(35)29(4,19-34)23(28)10-13-31(24,30)6;1-18(2)19-9-14-30(25(33)34)16-15-28(5)20(24(19)30)7-8-22-26(3)12-11-23(32)27(4,17-31)21(26)10-13-29(22,28)6;1-7-8-10-11(5,6)9(2,3)4;/h21-26,33-35H,1,7-19H2,2-6H3;19-24,31-32H,1,7-17H2,2-6H3,(H,33,34);7-8H2,1-6H3;1H4/t21-,22?,23?,24?,25-,26?,28-,29-,30+,31+,32-;19-,20?,21?,22?,23-,24?,26-,27-,28+,29+,30-;;/m00../s1/i;;;1D. The lowest BCUT2D eigenvalue weighted by Gasteiger charge is -2.72. The van der Waals surface area contributed by atoms with Gasteiger partial charge in [-0.2, -0.15) is 0 Å². The van der Waals surface area contributed by atoms with Gasteiger partial charge in [0.1, 0.15) is 6.61 Å². The number of carboxylic acids is 1. The predicted octanol–water partition coefficient (Wildman–Crippen LogP) is 15.6. The summed E-state index contributed by atoms with van der Waals surface area (Å²) >= 11 is 0. The number of fused-ring (bicyclic) bond motifs is 14. The second-order valence-corrected chi connectivity index (χ2v) is 38.7. The lowest BCUT2D eigenvalue weighted by molar-refractivity contribution is -0.254. The van der Waals surface area contributed by atoms with Crippen molar-refractivity contribution in [1.29, 1.82) is 0 Å². The van der Waals surface area contributed by atoms with Crippen LogP contribution in [0.15, 0.2) is 24.3 Å². The fourth-order valence-corrected chi connectivity index (χ4v) is 25.1. The van der Waals surface area contributed by atoms with E-state index in [9.17, 15) is 40.2 Å². The van der Waals surface area contributed by atoms with Crippen molar-refractivity contribution in [3.05, 3.63) is 24.3 Å². The molecule has 0 spiro atoms. The van der Waals surface area contributed by atoms with Crippen LogP contribution in [0.4, 0.5) is 0 Å². The summed E-state index contributed by atoms with van der Waals surface area (Å²) in [5, 5.41) is 63.0. The highest BCUT2D eigenvalue weighted by atomic mass is 28.4. The van der Waals surface area contributed by atoms with Crippen LogP contribution < -0.4 is 0 Å². The van der Waals surface area contributed by atoms with Crippen LogP contribution >= 0.6 is 0 Å². The van der Waals surface area contributed by atoms with Gasteiger partial charge >= 0.3 is 11.9 Å². The minimum Gasteiger partial charge on any atom is -0.481 e. The molecular formula is C72H126O10Si. The van der Waals surface area contributed by atoms with Gasteiger partial charge in [0.25, 0.3) is 0 Å². The van der Waals surface area contributed by atoms with Gasteiger partial charge in [0, 0.05) is 18.8 Å². The average molecular weight is 1180 g/mol. The first-order valence-electron chi connectivity index (χ1n) is 34.5. The van der Waals surface area contributed by atoms with Crippen LogP contribution in [0.1, 0.15) is 241 Å². The summed E-state index contributed by atoms with van der Waals surface area (Å²) in [5.41, 5.74) is 1.30. The Labute approximate surface area is 508 Å². The van der Waals surface area contributed by atoms with Crippen molar-refractivity contribution in [2.45, 2.75) is 270 Å². The van der Waals surface area contributed by atoms with E-state index in [1.165, 1.54) is 18.5 Å². The Balaban J connectivity index is 0.000000200. The van der Waals surface area contributed by atoms with E-state index in [0.717, 1.165) is 141 Å². The van der Waals surface area contributed by atoms with Gasteiger partial charge in [-0.3, -0.25) is 9.59 Å². The van der Waals surface area contributed by atoms with E-state index >= 15 is 0 Å². The molecule has 6 N–H and O–H groups in total. The van der Waals surface area contributed by atoms with Crippen molar-refractivity contribution < 1.29 is 50.8 Å². The second kappa shape index (κ2) is 23.6. The third-order valence-corrected chi connectivity index (χ3v) is 34.5. The number of rotatable bonds is 11. The Bertz CT molecular complexity index is 2370. The molecule has 10 saturated carbocycles. The van der Waals surface area contributed by atoms with E-state index < -0.39 is 48.2 Å². The topological polar surface area (TPSA) is 174 Å². The van der Waals surface area contributed by atoms with Gasteiger partial charge in [-0.15, -0.1) is 0 Å². The van der Waals surface area contributed by atoms with Crippen LogP contribution in [-0.2, 0) is 18.8 Å². The smallest absolute Gasteiger partial charge is 0.312 e. The van der Waals surface area contributed by atoms with E-state index in [4.69, 9.17) is 10.5 Å². The van der Waals surface area contributed by atoms with E-state index in [0.29, 0.717) is 52.4 Å². The quantitative estimate of drug-likeness (QED) is 0.0664. The molecule has 10 fully saturated rings. The number of allylic oxidation sites excluding steroid dienone is 2. The first kappa shape index (κ1) is 67.3. The molecule has 0 aromatic carbocycles. The second-order valence-electron chi connectivity index (χ2n) is 33.9. The number of esters is 1. The van der Waals surface area contributed by atoms with Crippen LogP contribution in [0, 0.1) is 113 Å². The molecule has 11 heteroatoms. The molecule has 10 rings (SSSR count). The summed E-state index contributed by atoms with van der Waals surface area (Å²) in [6.07, 6.45) is 20.2. The molecule has 0 heterocycles. The first-order chi connectivity index (χ1) is 39.0. The lowest BCUT2D eigenvalue weighted by atomic mass is 9.32. The Kier molecular flexibility index (Phi) is 19.2. The van der Waals surface area contributed by atoms with Crippen molar-refractivity contribution in [2.75, 3.05) is 33.0 Å². The third kappa shape index (κ3) is 10.2. The van der Waals surface area contributed by atoms with E-state index in [2.05, 4.69) is 123 Å². The van der Waals surface area contributed by atoms with Gasteiger partial charge < -0.3 is 39.8 Å².